The van der Waals surface area contributed by atoms with Gasteiger partial charge in [-0.25, -0.2) is 9.59 Å². The van der Waals surface area contributed by atoms with Crippen LogP contribution >= 0.6 is 63.7 Å². The van der Waals surface area contributed by atoms with Crippen LogP contribution in [0.25, 0.3) is 0 Å². The maximum atomic E-state index is 11.1. The Hall–Kier alpha value is 0.600. The second-order valence-corrected chi connectivity index (χ2v) is 9.91. The number of hydrogen-bond acceptors (Lipinski definition) is 4. The van der Waals surface area contributed by atoms with E-state index >= 15 is 0 Å². The molecule has 0 aliphatic rings. The van der Waals surface area contributed by atoms with Gasteiger partial charge in [0, 0.05) is 25.0 Å². The van der Waals surface area contributed by atoms with Gasteiger partial charge >= 0.3 is 11.9 Å². The minimum absolute atomic E-state index is 0.105. The second-order valence-electron chi connectivity index (χ2n) is 3.03. The molecule has 0 saturated carbocycles. The molecule has 0 aliphatic heterocycles. The first kappa shape index (κ1) is 18.6. The zero-order valence-electron chi connectivity index (χ0n) is 9.28. The van der Waals surface area contributed by atoms with E-state index in [0.29, 0.717) is 12.8 Å². The molecule has 4 nitrogen and oxygen atoms in total. The monoisotopic (exact) mass is 512 g/mol. The van der Waals surface area contributed by atoms with Crippen molar-refractivity contribution in [3.8, 4) is 0 Å². The molecular weight excluding hydrogens is 504 g/mol. The van der Waals surface area contributed by atoms with E-state index in [9.17, 15) is 9.59 Å². The van der Waals surface area contributed by atoms with Gasteiger partial charge in [-0.1, -0.05) is 63.7 Å². The van der Waals surface area contributed by atoms with Crippen molar-refractivity contribution in [2.75, 3.05) is 13.2 Å². The average Bonchev–Trinajstić information content (AvgIpc) is 2.25. The number of ether oxygens (including phenoxy) is 2. The number of carbonyl (C=O) groups excluding carboxylic acids is 2. The number of esters is 2. The van der Waals surface area contributed by atoms with Crippen molar-refractivity contribution in [3.05, 3.63) is 12.2 Å². The Kier molecular flexibility index (Phi) is 11.8. The molecule has 0 spiro atoms. The molecule has 0 heterocycles. The molecule has 104 valence electrons. The Morgan fingerprint density at radius 1 is 0.833 bits per heavy atom. The Balaban J connectivity index is 3.71. The van der Waals surface area contributed by atoms with Crippen LogP contribution in [0, 0.1) is 0 Å². The number of hydrogen-bond donors (Lipinski definition) is 0. The first-order valence-electron chi connectivity index (χ1n) is 4.99. The molecule has 0 radical (unpaired) electrons. The van der Waals surface area contributed by atoms with Crippen molar-refractivity contribution in [3.63, 3.8) is 0 Å². The highest BCUT2D eigenvalue weighted by molar-refractivity contribution is 9.25. The summed E-state index contributed by atoms with van der Waals surface area (Å²) in [5.74, 6) is -1.13. The van der Waals surface area contributed by atoms with Crippen LogP contribution in [-0.4, -0.2) is 32.6 Å². The maximum Gasteiger partial charge on any atom is 0.331 e. The van der Waals surface area contributed by atoms with E-state index in [2.05, 4.69) is 63.7 Å². The van der Waals surface area contributed by atoms with Gasteiger partial charge in [-0.3, -0.25) is 0 Å². The summed E-state index contributed by atoms with van der Waals surface area (Å²) in [5.41, 5.74) is 0. The van der Waals surface area contributed by atoms with Crippen molar-refractivity contribution in [1.82, 2.24) is 0 Å². The summed E-state index contributed by atoms with van der Waals surface area (Å²) in [4.78, 5) is 22.3. The van der Waals surface area contributed by atoms with Crippen molar-refractivity contribution in [2.45, 2.75) is 20.3 Å². The lowest BCUT2D eigenvalue weighted by Gasteiger charge is -2.03. The number of carbonyl (C=O) groups is 2. The van der Waals surface area contributed by atoms with Crippen LogP contribution < -0.4 is 0 Å². The van der Waals surface area contributed by atoms with E-state index in [1.54, 1.807) is 0 Å². The molecule has 18 heavy (non-hydrogen) atoms. The predicted octanol–water partition coefficient (Wildman–Crippen LogP) is 3.64. The van der Waals surface area contributed by atoms with Gasteiger partial charge in [0.2, 0.25) is 0 Å². The van der Waals surface area contributed by atoms with Gasteiger partial charge in [-0.05, 0) is 0 Å². The van der Waals surface area contributed by atoms with Crippen LogP contribution in [0.15, 0.2) is 12.2 Å². The average molecular weight is 516 g/mol. The third-order valence-electron chi connectivity index (χ3n) is 1.52. The lowest BCUT2D eigenvalue weighted by Crippen LogP contribution is -2.07. The fraction of sp³-hybridized carbons (Fsp3) is 0.600. The van der Waals surface area contributed by atoms with Crippen LogP contribution in [0.1, 0.15) is 12.8 Å². The Morgan fingerprint density at radius 3 is 1.44 bits per heavy atom. The first-order valence-corrected chi connectivity index (χ1v) is 8.66. The standard InChI is InChI=1S/C10H12Br4O4/c11-7(12)3-5-17-9(15)1-2-10(16)18-6-4-8(13)14/h1-2,7-8H,3-6H2. The van der Waals surface area contributed by atoms with Crippen molar-refractivity contribution in [1.29, 1.82) is 0 Å². The highest BCUT2D eigenvalue weighted by Gasteiger charge is 2.04. The lowest BCUT2D eigenvalue weighted by atomic mass is 10.5. The highest BCUT2D eigenvalue weighted by Crippen LogP contribution is 2.12. The van der Waals surface area contributed by atoms with Crippen molar-refractivity contribution < 1.29 is 19.1 Å². The smallest absolute Gasteiger partial charge is 0.331 e. The highest BCUT2D eigenvalue weighted by atomic mass is 79.9. The topological polar surface area (TPSA) is 52.6 Å². The molecule has 0 fully saturated rings. The van der Waals surface area contributed by atoms with Crippen molar-refractivity contribution in [2.24, 2.45) is 0 Å². The first-order chi connectivity index (χ1) is 8.41. The van der Waals surface area contributed by atoms with Crippen LogP contribution in [0.3, 0.4) is 0 Å². The third kappa shape index (κ3) is 13.0. The molecule has 0 saturated heterocycles. The van der Waals surface area contributed by atoms with E-state index in [1.165, 1.54) is 0 Å². The summed E-state index contributed by atoms with van der Waals surface area (Å²) in [5, 5.41) is 0. The molecule has 0 aliphatic carbocycles. The molecule has 0 unspecified atom stereocenters. The van der Waals surface area contributed by atoms with Crippen LogP contribution in [0.2, 0.25) is 0 Å². The summed E-state index contributed by atoms with van der Waals surface area (Å²) in [6.07, 6.45) is 3.39. The van der Waals surface area contributed by atoms with Gasteiger partial charge in [-0.2, -0.15) is 0 Å². The van der Waals surface area contributed by atoms with E-state index in [4.69, 9.17) is 9.47 Å². The molecule has 0 bridgehead atoms. The minimum Gasteiger partial charge on any atom is -0.462 e. The van der Waals surface area contributed by atoms with E-state index in [0.717, 1.165) is 12.2 Å². The molecular formula is C10H12Br4O4. The fourth-order valence-electron chi connectivity index (χ4n) is 0.730. The molecule has 0 aromatic carbocycles. The number of rotatable bonds is 8. The quantitative estimate of drug-likeness (QED) is 0.281. The molecule has 0 rings (SSSR count). The van der Waals surface area contributed by atoms with Gasteiger partial charge in [0.05, 0.1) is 20.7 Å². The van der Waals surface area contributed by atoms with Gasteiger partial charge < -0.3 is 9.47 Å². The van der Waals surface area contributed by atoms with Crippen molar-refractivity contribution >= 4 is 75.7 Å². The van der Waals surface area contributed by atoms with Crippen LogP contribution in [0.4, 0.5) is 0 Å². The van der Waals surface area contributed by atoms with E-state index in [1.807, 2.05) is 0 Å². The maximum absolute atomic E-state index is 11.1. The Morgan fingerprint density at radius 2 is 1.17 bits per heavy atom. The van der Waals surface area contributed by atoms with Gasteiger partial charge in [0.15, 0.2) is 0 Å². The number of alkyl halides is 4. The zero-order chi connectivity index (χ0) is 14.0. The third-order valence-corrected chi connectivity index (χ3v) is 3.35. The molecule has 0 aromatic rings. The summed E-state index contributed by atoms with van der Waals surface area (Å²) in [6, 6.07) is 0. The Labute approximate surface area is 139 Å². The summed E-state index contributed by atoms with van der Waals surface area (Å²) < 4.78 is 9.88. The van der Waals surface area contributed by atoms with E-state index < -0.39 is 11.9 Å². The van der Waals surface area contributed by atoms with Gasteiger partial charge in [-0.15, -0.1) is 0 Å². The van der Waals surface area contributed by atoms with Gasteiger partial charge in [0.1, 0.15) is 0 Å². The molecule has 0 N–H and O–H groups in total. The normalized spacial score (nSPS) is 11.2. The van der Waals surface area contributed by atoms with Gasteiger partial charge in [0.25, 0.3) is 0 Å². The predicted molar refractivity (Wildman–Crippen MR) is 83.6 cm³/mol. The second kappa shape index (κ2) is 11.4. The summed E-state index contributed by atoms with van der Waals surface area (Å²) in [7, 11) is 0. The molecule has 0 aromatic heterocycles. The number of halogens is 4. The largest absolute Gasteiger partial charge is 0.462 e. The SMILES string of the molecule is O=C(C=CC(=O)OCCC(Br)Br)OCCC(Br)Br. The molecule has 0 amide bonds. The van der Waals surface area contributed by atoms with Crippen LogP contribution in [-0.2, 0) is 19.1 Å². The lowest BCUT2D eigenvalue weighted by molar-refractivity contribution is -0.140. The summed E-state index contributed by atoms with van der Waals surface area (Å²) >= 11 is 13.0. The molecule has 0 atom stereocenters. The summed E-state index contributed by atoms with van der Waals surface area (Å²) in [6.45, 7) is 0.544. The Bertz CT molecular complexity index is 264. The van der Waals surface area contributed by atoms with E-state index in [-0.39, 0.29) is 20.7 Å². The minimum atomic E-state index is -0.563. The zero-order valence-corrected chi connectivity index (χ0v) is 15.6. The fourth-order valence-corrected chi connectivity index (χ4v) is 1.48. The van der Waals surface area contributed by atoms with Crippen LogP contribution in [0.5, 0.6) is 0 Å². The molecule has 8 heteroatoms.